The molecule has 3 aromatic rings. The third-order valence-electron chi connectivity index (χ3n) is 7.56. The van der Waals surface area contributed by atoms with Gasteiger partial charge in [0.25, 0.3) is 0 Å². The number of hydrogen-bond acceptors (Lipinski definition) is 5. The number of amides is 1. The molecule has 2 N–H and O–H groups in total. The van der Waals surface area contributed by atoms with Gasteiger partial charge >= 0.3 is 0 Å². The van der Waals surface area contributed by atoms with Crippen molar-refractivity contribution in [3.05, 3.63) is 88.4 Å². The molecule has 0 spiro atoms. The summed E-state index contributed by atoms with van der Waals surface area (Å²) in [5, 5.41) is 0. The van der Waals surface area contributed by atoms with E-state index in [1.807, 2.05) is 43.3 Å². The highest BCUT2D eigenvalue weighted by Crippen LogP contribution is 2.41. The van der Waals surface area contributed by atoms with Crippen LogP contribution in [-0.4, -0.2) is 54.8 Å². The Morgan fingerprint density at radius 1 is 1.10 bits per heavy atom. The SMILES string of the molecule is CCOc1ccc(C2=C(c3ccc(O[C@H]4CCN(CCCF)C4)cc3)c3ccc(C(N)=O)cc3CCC2)c(F)n1. The monoisotopic (exact) mass is 547 g/mol. The number of nitrogens with two attached hydrogens (primary N) is 1. The number of fused-ring (bicyclic) bond motifs is 1. The number of rotatable bonds is 10. The number of nitrogens with zero attached hydrogens (tertiary/aromatic N) is 2. The molecule has 1 amide bonds. The number of benzene rings is 2. The smallest absolute Gasteiger partial charge is 0.248 e. The number of alkyl halides is 1. The topological polar surface area (TPSA) is 77.7 Å². The third kappa shape index (κ3) is 6.17. The zero-order valence-electron chi connectivity index (χ0n) is 22.8. The zero-order chi connectivity index (χ0) is 28.1. The van der Waals surface area contributed by atoms with Gasteiger partial charge in [0, 0.05) is 36.8 Å². The number of hydrogen-bond donors (Lipinski definition) is 1. The van der Waals surface area contributed by atoms with Crippen LogP contribution < -0.4 is 15.2 Å². The lowest BCUT2D eigenvalue weighted by Crippen LogP contribution is -2.26. The van der Waals surface area contributed by atoms with Crippen molar-refractivity contribution in [2.45, 2.75) is 45.1 Å². The van der Waals surface area contributed by atoms with Crippen molar-refractivity contribution in [3.63, 3.8) is 0 Å². The second kappa shape index (κ2) is 12.6. The number of halogens is 2. The van der Waals surface area contributed by atoms with Crippen molar-refractivity contribution in [3.8, 4) is 11.6 Å². The first kappa shape index (κ1) is 27.8. The van der Waals surface area contributed by atoms with Crippen molar-refractivity contribution in [2.24, 2.45) is 5.73 Å². The van der Waals surface area contributed by atoms with Gasteiger partial charge in [-0.15, -0.1) is 0 Å². The fraction of sp³-hybridized carbons (Fsp3) is 0.375. The maximum Gasteiger partial charge on any atom is 0.248 e. The fourth-order valence-electron chi connectivity index (χ4n) is 5.68. The van der Waals surface area contributed by atoms with Crippen LogP contribution in [0.5, 0.6) is 11.6 Å². The molecule has 1 aromatic heterocycles. The quantitative estimate of drug-likeness (QED) is 0.324. The molecule has 8 heteroatoms. The molecule has 0 radical (unpaired) electrons. The van der Waals surface area contributed by atoms with E-state index in [4.69, 9.17) is 15.2 Å². The highest BCUT2D eigenvalue weighted by atomic mass is 19.1. The molecule has 1 aliphatic heterocycles. The van der Waals surface area contributed by atoms with Crippen LogP contribution in [-0.2, 0) is 6.42 Å². The minimum atomic E-state index is -0.575. The Kier molecular flexibility index (Phi) is 8.75. The fourth-order valence-corrected chi connectivity index (χ4v) is 5.68. The van der Waals surface area contributed by atoms with Gasteiger partial charge in [0.2, 0.25) is 17.7 Å². The molecular formula is C32H35F2N3O3. The van der Waals surface area contributed by atoms with Gasteiger partial charge < -0.3 is 15.2 Å². The molecule has 1 saturated heterocycles. The van der Waals surface area contributed by atoms with E-state index in [-0.39, 0.29) is 18.7 Å². The summed E-state index contributed by atoms with van der Waals surface area (Å²) in [6.07, 6.45) is 3.67. The number of allylic oxidation sites excluding steroid dienone is 1. The first-order valence-electron chi connectivity index (χ1n) is 14.0. The Morgan fingerprint density at radius 2 is 1.90 bits per heavy atom. The minimum Gasteiger partial charge on any atom is -0.489 e. The Labute approximate surface area is 233 Å². The lowest BCUT2D eigenvalue weighted by atomic mass is 9.87. The van der Waals surface area contributed by atoms with Crippen LogP contribution in [0.1, 0.15) is 65.2 Å². The summed E-state index contributed by atoms with van der Waals surface area (Å²) >= 11 is 0. The van der Waals surface area contributed by atoms with Crippen LogP contribution >= 0.6 is 0 Å². The average Bonchev–Trinajstić information content (AvgIpc) is 3.31. The molecule has 1 atom stereocenters. The molecule has 0 bridgehead atoms. The summed E-state index contributed by atoms with van der Waals surface area (Å²) in [7, 11) is 0. The zero-order valence-corrected chi connectivity index (χ0v) is 22.8. The second-order valence-electron chi connectivity index (χ2n) is 10.3. The van der Waals surface area contributed by atoms with Gasteiger partial charge in [-0.05, 0) is 97.2 Å². The number of pyridine rings is 1. The van der Waals surface area contributed by atoms with Gasteiger partial charge in [-0.25, -0.2) is 0 Å². The number of carbonyl (C=O) groups excluding carboxylic acids is 1. The van der Waals surface area contributed by atoms with E-state index in [0.717, 1.165) is 72.5 Å². The Balaban J connectivity index is 1.51. The summed E-state index contributed by atoms with van der Waals surface area (Å²) in [5.74, 6) is -0.0387. The molecule has 40 heavy (non-hydrogen) atoms. The highest BCUT2D eigenvalue weighted by molar-refractivity contribution is 6.01. The molecule has 1 aliphatic carbocycles. The summed E-state index contributed by atoms with van der Waals surface area (Å²) in [4.78, 5) is 18.2. The maximum absolute atomic E-state index is 15.4. The van der Waals surface area contributed by atoms with Crippen LogP contribution in [0.2, 0.25) is 0 Å². The molecule has 1 fully saturated rings. The van der Waals surface area contributed by atoms with E-state index in [2.05, 4.69) is 9.88 Å². The largest absolute Gasteiger partial charge is 0.489 e. The summed E-state index contributed by atoms with van der Waals surface area (Å²) in [6, 6.07) is 16.8. The number of carbonyl (C=O) groups is 1. The molecule has 210 valence electrons. The maximum atomic E-state index is 15.4. The van der Waals surface area contributed by atoms with Crippen molar-refractivity contribution in [1.29, 1.82) is 0 Å². The molecule has 5 rings (SSSR count). The molecular weight excluding hydrogens is 512 g/mol. The number of likely N-dealkylation sites (tertiary alicyclic amines) is 1. The van der Waals surface area contributed by atoms with E-state index >= 15 is 4.39 Å². The Bertz CT molecular complexity index is 1390. The van der Waals surface area contributed by atoms with Crippen molar-refractivity contribution >= 4 is 17.1 Å². The summed E-state index contributed by atoms with van der Waals surface area (Å²) in [5.41, 5.74) is 11.1. The first-order valence-corrected chi connectivity index (χ1v) is 14.0. The summed E-state index contributed by atoms with van der Waals surface area (Å²) < 4.78 is 39.6. The van der Waals surface area contributed by atoms with Gasteiger partial charge in [-0.1, -0.05) is 18.2 Å². The molecule has 0 saturated carbocycles. The van der Waals surface area contributed by atoms with Crippen molar-refractivity contribution in [1.82, 2.24) is 9.88 Å². The second-order valence-corrected chi connectivity index (χ2v) is 10.3. The van der Waals surface area contributed by atoms with E-state index in [1.165, 1.54) is 0 Å². The van der Waals surface area contributed by atoms with Gasteiger partial charge in [0.05, 0.1) is 13.3 Å². The Hall–Kier alpha value is -3.78. The average molecular weight is 548 g/mol. The molecule has 2 heterocycles. The molecule has 0 unspecified atom stereocenters. The lowest BCUT2D eigenvalue weighted by molar-refractivity contribution is 0.1000. The highest BCUT2D eigenvalue weighted by Gasteiger charge is 2.25. The van der Waals surface area contributed by atoms with Gasteiger partial charge in [-0.2, -0.15) is 9.37 Å². The minimum absolute atomic E-state index is 0.0649. The van der Waals surface area contributed by atoms with E-state index < -0.39 is 11.9 Å². The summed E-state index contributed by atoms with van der Waals surface area (Å²) in [6.45, 7) is 4.38. The predicted octanol–water partition coefficient (Wildman–Crippen LogP) is 5.83. The van der Waals surface area contributed by atoms with E-state index in [1.54, 1.807) is 18.2 Å². The number of aromatic nitrogens is 1. The van der Waals surface area contributed by atoms with Gasteiger partial charge in [0.15, 0.2) is 0 Å². The number of primary amides is 1. The van der Waals surface area contributed by atoms with E-state index in [9.17, 15) is 9.18 Å². The number of ether oxygens (including phenoxy) is 2. The Morgan fingerprint density at radius 3 is 2.62 bits per heavy atom. The first-order chi connectivity index (χ1) is 19.5. The third-order valence-corrected chi connectivity index (χ3v) is 7.56. The predicted molar refractivity (Wildman–Crippen MR) is 152 cm³/mol. The standard InChI is InChI=1S/C32H35F2N3O3/c1-2-39-29-14-13-28(31(34)36-29)27-6-3-5-22-19-23(32(35)38)9-12-26(22)30(27)21-7-10-24(11-8-21)40-25-15-18-37(20-25)17-4-16-33/h7-14,19,25H,2-6,15-18,20H2,1H3,(H2,35,38)/t25-/m0/s1. The van der Waals surface area contributed by atoms with Crippen LogP contribution in [0.15, 0.2) is 54.6 Å². The molecule has 6 nitrogen and oxygen atoms in total. The van der Waals surface area contributed by atoms with Crippen LogP contribution in [0, 0.1) is 5.95 Å². The van der Waals surface area contributed by atoms with Gasteiger partial charge in [-0.3, -0.25) is 14.1 Å². The number of aryl methyl sites for hydroxylation is 1. The van der Waals surface area contributed by atoms with Crippen molar-refractivity contribution < 1.29 is 23.0 Å². The molecule has 2 aromatic carbocycles. The lowest BCUT2D eigenvalue weighted by Gasteiger charge is -2.19. The van der Waals surface area contributed by atoms with Gasteiger partial charge in [0.1, 0.15) is 11.9 Å². The van der Waals surface area contributed by atoms with Crippen LogP contribution in [0.25, 0.3) is 11.1 Å². The van der Waals surface area contributed by atoms with Crippen LogP contribution in [0.4, 0.5) is 8.78 Å². The van der Waals surface area contributed by atoms with Crippen molar-refractivity contribution in [2.75, 3.05) is 32.9 Å². The molecule has 2 aliphatic rings. The normalized spacial score (nSPS) is 17.4. The van der Waals surface area contributed by atoms with Crippen LogP contribution in [0.3, 0.4) is 0 Å². The van der Waals surface area contributed by atoms with E-state index in [0.29, 0.717) is 30.6 Å².